The van der Waals surface area contributed by atoms with Gasteiger partial charge in [-0.1, -0.05) is 98.8 Å². The van der Waals surface area contributed by atoms with E-state index in [-0.39, 0.29) is 36.4 Å². The number of hydrogen-bond donors (Lipinski definition) is 3. The minimum Gasteiger partial charge on any atom is -0.436 e. The van der Waals surface area contributed by atoms with Crippen LogP contribution in [-0.2, 0) is 20.7 Å². The number of ether oxygens (including phenoxy) is 1. The summed E-state index contributed by atoms with van der Waals surface area (Å²) in [5, 5.41) is 2.46. The molecule has 2 fully saturated rings. The molecular formula is C48H53N9O4. The predicted octanol–water partition coefficient (Wildman–Crippen LogP) is 7.91. The fraction of sp³-hybridized carbons (Fsp3) is 0.333. The Bertz CT molecular complexity index is 2400. The molecule has 4 atom stereocenters. The largest absolute Gasteiger partial charge is 0.436 e. The van der Waals surface area contributed by atoms with Crippen LogP contribution in [0.2, 0.25) is 0 Å². The van der Waals surface area contributed by atoms with Crippen molar-refractivity contribution >= 4 is 17.9 Å². The molecule has 8 rings (SSSR count). The van der Waals surface area contributed by atoms with Gasteiger partial charge in [0.1, 0.15) is 17.7 Å². The molecule has 6 aromatic rings. The third kappa shape index (κ3) is 8.97. The van der Waals surface area contributed by atoms with Gasteiger partial charge in [-0.2, -0.15) is 0 Å². The van der Waals surface area contributed by atoms with Gasteiger partial charge in [0.05, 0.1) is 35.9 Å². The molecule has 0 spiro atoms. The maximum atomic E-state index is 14.2. The molecule has 3 aromatic carbocycles. The van der Waals surface area contributed by atoms with E-state index in [1.165, 1.54) is 7.05 Å². The zero-order chi connectivity index (χ0) is 42.3. The summed E-state index contributed by atoms with van der Waals surface area (Å²) in [6, 6.07) is 29.8. The Balaban J connectivity index is 0.924. The van der Waals surface area contributed by atoms with Crippen LogP contribution < -0.4 is 5.32 Å². The van der Waals surface area contributed by atoms with Crippen LogP contribution in [0, 0.1) is 0 Å². The van der Waals surface area contributed by atoms with Crippen molar-refractivity contribution in [2.75, 3.05) is 33.2 Å². The van der Waals surface area contributed by atoms with Crippen LogP contribution in [-0.4, -0.2) is 96.9 Å². The van der Waals surface area contributed by atoms with Crippen LogP contribution in [0.1, 0.15) is 80.4 Å². The van der Waals surface area contributed by atoms with E-state index in [0.717, 1.165) is 89.4 Å². The van der Waals surface area contributed by atoms with Gasteiger partial charge in [0, 0.05) is 39.0 Å². The summed E-state index contributed by atoms with van der Waals surface area (Å²) >= 11 is 0. The van der Waals surface area contributed by atoms with Gasteiger partial charge in [0.2, 0.25) is 5.91 Å². The standard InChI is InChI=1S/C48H53N9O4/c1-4-55(5-2)43(37-13-7-6-8-14-37)47(59)57-27-11-16-41(57)45-52-31-39(54-45)36-23-19-34(20-24-36)33-17-21-35(22-18-33)38-30-51-44(53-38)40-15-10-26-56(40)46(58)42(61-48(60)49-3)28-32-12-9-25-50-29-32/h6-9,12-14,17-25,29-31,40-43H,4-5,10-11,15-16,26-28H2,1-3H3,(H,49,60)(H,51,53)(H,52,54)/t40-,41-,42-,43+/m0/s1. The topological polar surface area (TPSA) is 152 Å². The second-order valence-electron chi connectivity index (χ2n) is 15.6. The van der Waals surface area contributed by atoms with E-state index in [4.69, 9.17) is 14.7 Å². The second-order valence-corrected chi connectivity index (χ2v) is 15.6. The molecule has 0 aliphatic carbocycles. The number of hydrogen-bond acceptors (Lipinski definition) is 8. The van der Waals surface area contributed by atoms with Crippen LogP contribution in [0.3, 0.4) is 0 Å². The highest BCUT2D eigenvalue weighted by Crippen LogP contribution is 2.37. The number of aromatic nitrogens is 5. The molecule has 314 valence electrons. The van der Waals surface area contributed by atoms with Crippen LogP contribution in [0.4, 0.5) is 4.79 Å². The molecule has 13 heteroatoms. The molecule has 3 amide bonds. The maximum Gasteiger partial charge on any atom is 0.407 e. The Morgan fingerprint density at radius 2 is 1.26 bits per heavy atom. The summed E-state index contributed by atoms with van der Waals surface area (Å²) in [7, 11) is 1.47. The van der Waals surface area contributed by atoms with Crippen LogP contribution in [0.5, 0.6) is 0 Å². The first-order valence-corrected chi connectivity index (χ1v) is 21.3. The summed E-state index contributed by atoms with van der Waals surface area (Å²) in [4.78, 5) is 67.0. The highest BCUT2D eigenvalue weighted by molar-refractivity contribution is 5.85. The summed E-state index contributed by atoms with van der Waals surface area (Å²) in [5.74, 6) is 1.39. The average molecular weight is 820 g/mol. The van der Waals surface area contributed by atoms with Gasteiger partial charge in [-0.05, 0) is 78.2 Å². The van der Waals surface area contributed by atoms with Gasteiger partial charge in [-0.3, -0.25) is 19.5 Å². The summed E-state index contributed by atoms with van der Waals surface area (Å²) in [5.41, 5.74) is 7.74. The summed E-state index contributed by atoms with van der Waals surface area (Å²) in [6.07, 6.45) is 8.97. The highest BCUT2D eigenvalue weighted by atomic mass is 16.6. The number of alkyl carbamates (subject to hydrolysis) is 1. The fourth-order valence-corrected chi connectivity index (χ4v) is 8.80. The maximum absolute atomic E-state index is 14.2. The first-order valence-electron chi connectivity index (χ1n) is 21.3. The number of imidazole rings is 2. The SMILES string of the molecule is CCN(CC)[C@@H](C(=O)N1CCC[C@H]1c1ncc(-c2ccc(-c3ccc(-c4cnc([C@@H]5CCCN5C(=O)[C@H](Cc5cccnc5)OC(=O)NC)[nH]4)cc3)cc2)[nH]1)c1ccccc1. The lowest BCUT2D eigenvalue weighted by Gasteiger charge is -2.34. The van der Waals surface area contributed by atoms with Crippen LogP contribution in [0.25, 0.3) is 33.6 Å². The van der Waals surface area contributed by atoms with Gasteiger partial charge in [0.15, 0.2) is 6.10 Å². The fourth-order valence-electron chi connectivity index (χ4n) is 8.80. The van der Waals surface area contributed by atoms with Crippen molar-refractivity contribution in [1.82, 2.24) is 44.9 Å². The van der Waals surface area contributed by atoms with Crippen molar-refractivity contribution < 1.29 is 19.1 Å². The number of nitrogens with one attached hydrogen (secondary N) is 3. The Labute approximate surface area is 356 Å². The van der Waals surface area contributed by atoms with Gasteiger partial charge in [-0.15, -0.1) is 0 Å². The van der Waals surface area contributed by atoms with Crippen molar-refractivity contribution in [3.63, 3.8) is 0 Å². The minimum atomic E-state index is -0.992. The zero-order valence-electron chi connectivity index (χ0n) is 35.0. The number of amides is 3. The van der Waals surface area contributed by atoms with E-state index < -0.39 is 12.2 Å². The summed E-state index contributed by atoms with van der Waals surface area (Å²) in [6.45, 7) is 7.05. The van der Waals surface area contributed by atoms with Crippen molar-refractivity contribution in [3.8, 4) is 33.6 Å². The average Bonchev–Trinajstić information content (AvgIpc) is 4.16. The molecule has 2 saturated heterocycles. The lowest BCUT2D eigenvalue weighted by atomic mass is 10.0. The van der Waals surface area contributed by atoms with Crippen LogP contribution in [0.15, 0.2) is 116 Å². The van der Waals surface area contributed by atoms with Gasteiger partial charge >= 0.3 is 6.09 Å². The van der Waals surface area contributed by atoms with Gasteiger partial charge in [0.25, 0.3) is 5.91 Å². The van der Waals surface area contributed by atoms with E-state index in [1.807, 2.05) is 35.4 Å². The van der Waals surface area contributed by atoms with Crippen molar-refractivity contribution in [3.05, 3.63) is 139 Å². The summed E-state index contributed by atoms with van der Waals surface area (Å²) < 4.78 is 5.56. The molecule has 2 aliphatic heterocycles. The minimum absolute atomic E-state index is 0.100. The van der Waals surface area contributed by atoms with Gasteiger partial charge < -0.3 is 29.8 Å². The molecular weight excluding hydrogens is 767 g/mol. The molecule has 2 aliphatic rings. The third-order valence-corrected chi connectivity index (χ3v) is 12.0. The number of rotatable bonds is 14. The Morgan fingerprint density at radius 3 is 1.77 bits per heavy atom. The zero-order valence-corrected chi connectivity index (χ0v) is 35.0. The number of likely N-dealkylation sites (N-methyl/N-ethyl adjacent to an activating group) is 1. The molecule has 3 N–H and O–H groups in total. The first-order chi connectivity index (χ1) is 29.8. The Morgan fingerprint density at radius 1 is 0.721 bits per heavy atom. The molecule has 0 bridgehead atoms. The number of pyridine rings is 1. The van der Waals surface area contributed by atoms with E-state index in [1.54, 1.807) is 29.6 Å². The number of carbonyl (C=O) groups is 3. The quantitative estimate of drug-likeness (QED) is 0.100. The number of aromatic amines is 2. The van der Waals surface area contributed by atoms with E-state index in [9.17, 15) is 14.4 Å². The van der Waals surface area contributed by atoms with Crippen molar-refractivity contribution in [1.29, 1.82) is 0 Å². The molecule has 0 radical (unpaired) electrons. The molecule has 0 saturated carbocycles. The number of carbonyl (C=O) groups excluding carboxylic acids is 3. The number of benzene rings is 3. The Kier molecular flexibility index (Phi) is 12.7. The Hall–Kier alpha value is -6.60. The lowest BCUT2D eigenvalue weighted by molar-refractivity contribution is -0.141. The molecule has 3 aromatic heterocycles. The molecule has 13 nitrogen and oxygen atoms in total. The van der Waals surface area contributed by atoms with Crippen molar-refractivity contribution in [2.45, 2.75) is 70.2 Å². The molecule has 0 unspecified atom stereocenters. The van der Waals surface area contributed by atoms with Crippen molar-refractivity contribution in [2.24, 2.45) is 0 Å². The van der Waals surface area contributed by atoms with E-state index in [0.29, 0.717) is 18.9 Å². The first kappa shape index (κ1) is 41.1. The lowest BCUT2D eigenvalue weighted by Crippen LogP contribution is -2.43. The monoisotopic (exact) mass is 819 g/mol. The number of likely N-dealkylation sites (tertiary alicyclic amines) is 2. The normalized spacial score (nSPS) is 17.4. The number of H-pyrrole nitrogens is 2. The highest BCUT2D eigenvalue weighted by Gasteiger charge is 2.39. The van der Waals surface area contributed by atoms with E-state index >= 15 is 0 Å². The third-order valence-electron chi connectivity index (χ3n) is 12.0. The second kappa shape index (κ2) is 18.8. The predicted molar refractivity (Wildman–Crippen MR) is 234 cm³/mol. The smallest absolute Gasteiger partial charge is 0.407 e. The van der Waals surface area contributed by atoms with E-state index in [2.05, 4.69) is 99.7 Å². The van der Waals surface area contributed by atoms with Crippen LogP contribution >= 0.6 is 0 Å². The number of nitrogens with zero attached hydrogens (tertiary/aromatic N) is 6. The molecule has 5 heterocycles. The molecule has 61 heavy (non-hydrogen) atoms. The van der Waals surface area contributed by atoms with Gasteiger partial charge in [-0.25, -0.2) is 14.8 Å².